The van der Waals surface area contributed by atoms with E-state index in [-0.39, 0.29) is 13.2 Å². The Morgan fingerprint density at radius 3 is 2.29 bits per heavy atom. The van der Waals surface area contributed by atoms with Crippen LogP contribution in [0.25, 0.3) is 0 Å². The fraction of sp³-hybridized carbons (Fsp3) is 0.261. The second-order valence-corrected chi connectivity index (χ2v) is 8.07. The number of aliphatic hydroxyl groups is 1. The van der Waals surface area contributed by atoms with Gasteiger partial charge in [-0.15, -0.1) is 0 Å². The van der Waals surface area contributed by atoms with Crippen molar-refractivity contribution >= 4 is 30.0 Å². The Hall–Kier alpha value is -3.10. The molecule has 1 heterocycles. The Labute approximate surface area is 186 Å². The molecular weight excluding hydrogens is 412 g/mol. The summed E-state index contributed by atoms with van der Waals surface area (Å²) in [6.45, 7) is 2.71. The molecule has 0 unspecified atom stereocenters. The van der Waals surface area contributed by atoms with Gasteiger partial charge in [0.25, 0.3) is 0 Å². The van der Waals surface area contributed by atoms with Crippen molar-refractivity contribution in [1.29, 1.82) is 0 Å². The van der Waals surface area contributed by atoms with E-state index in [1.807, 2.05) is 72.2 Å². The fourth-order valence-electron chi connectivity index (χ4n) is 3.23. The third-order valence-electron chi connectivity index (χ3n) is 4.84. The molecule has 31 heavy (non-hydrogen) atoms. The molecule has 0 aliphatic heterocycles. The highest BCUT2D eigenvalue weighted by atomic mass is 32.2. The van der Waals surface area contributed by atoms with Gasteiger partial charge in [-0.25, -0.2) is 9.78 Å². The highest BCUT2D eigenvalue weighted by Crippen LogP contribution is 2.28. The number of anilines is 1. The van der Waals surface area contributed by atoms with E-state index < -0.39 is 6.03 Å². The lowest BCUT2D eigenvalue weighted by Crippen LogP contribution is -2.40. The minimum atomic E-state index is -0.454. The fourth-order valence-corrected chi connectivity index (χ4v) is 4.01. The summed E-state index contributed by atoms with van der Waals surface area (Å²) in [5, 5.41) is 9.97. The minimum Gasteiger partial charge on any atom is -0.396 e. The third-order valence-corrected chi connectivity index (χ3v) is 5.80. The Morgan fingerprint density at radius 1 is 1.10 bits per heavy atom. The highest BCUT2D eigenvalue weighted by Gasteiger charge is 2.25. The van der Waals surface area contributed by atoms with E-state index >= 15 is 0 Å². The summed E-state index contributed by atoms with van der Waals surface area (Å²) >= 11 is 1.43. The zero-order valence-corrected chi connectivity index (χ0v) is 18.5. The Morgan fingerprint density at radius 2 is 1.71 bits per heavy atom. The largest absolute Gasteiger partial charge is 0.396 e. The molecule has 3 rings (SSSR count). The van der Waals surface area contributed by atoms with E-state index in [1.165, 1.54) is 16.7 Å². The number of benzene rings is 2. The SMILES string of the molecule is Cc1c(N(C)C(=O)N(C=O)Cc2ccccc2)nc(SCCO)n1Cc1ccccc1. The van der Waals surface area contributed by atoms with Crippen molar-refractivity contribution in [3.63, 3.8) is 0 Å². The predicted molar refractivity (Wildman–Crippen MR) is 122 cm³/mol. The zero-order chi connectivity index (χ0) is 22.2. The molecule has 0 fully saturated rings. The van der Waals surface area contributed by atoms with Crippen molar-refractivity contribution in [2.24, 2.45) is 0 Å². The topological polar surface area (TPSA) is 78.7 Å². The van der Waals surface area contributed by atoms with Crippen molar-refractivity contribution in [2.75, 3.05) is 24.3 Å². The van der Waals surface area contributed by atoms with Crippen molar-refractivity contribution in [3.05, 3.63) is 77.5 Å². The zero-order valence-electron chi connectivity index (χ0n) is 17.6. The maximum Gasteiger partial charge on any atom is 0.332 e. The maximum absolute atomic E-state index is 13.0. The van der Waals surface area contributed by atoms with Gasteiger partial charge in [-0.2, -0.15) is 0 Å². The van der Waals surface area contributed by atoms with Gasteiger partial charge in [-0.3, -0.25) is 14.6 Å². The van der Waals surface area contributed by atoms with Gasteiger partial charge in [-0.05, 0) is 18.1 Å². The molecule has 0 spiro atoms. The molecule has 8 heteroatoms. The summed E-state index contributed by atoms with van der Waals surface area (Å²) in [6, 6.07) is 18.9. The molecule has 0 aliphatic rings. The number of rotatable bonds is 9. The van der Waals surface area contributed by atoms with Gasteiger partial charge in [0.05, 0.1) is 18.8 Å². The minimum absolute atomic E-state index is 0.0298. The molecule has 0 radical (unpaired) electrons. The lowest BCUT2D eigenvalue weighted by molar-refractivity contribution is -0.115. The number of carbonyl (C=O) groups excluding carboxylic acids is 2. The summed E-state index contributed by atoms with van der Waals surface area (Å²) in [4.78, 5) is 31.9. The number of nitrogens with zero attached hydrogens (tertiary/aromatic N) is 4. The van der Waals surface area contributed by atoms with E-state index in [4.69, 9.17) is 0 Å². The van der Waals surface area contributed by atoms with Crippen LogP contribution >= 0.6 is 11.8 Å². The van der Waals surface area contributed by atoms with Crippen LogP contribution in [0, 0.1) is 6.92 Å². The number of urea groups is 1. The lowest BCUT2D eigenvalue weighted by Gasteiger charge is -2.23. The second-order valence-electron chi connectivity index (χ2n) is 7.01. The molecule has 0 aliphatic carbocycles. The van der Waals surface area contributed by atoms with E-state index in [9.17, 15) is 14.7 Å². The summed E-state index contributed by atoms with van der Waals surface area (Å²) in [5.74, 6) is 0.984. The molecule has 2 aromatic carbocycles. The molecule has 0 saturated heterocycles. The average molecular weight is 439 g/mol. The van der Waals surface area contributed by atoms with Crippen LogP contribution < -0.4 is 4.90 Å². The first-order chi connectivity index (χ1) is 15.0. The van der Waals surface area contributed by atoms with Crippen LogP contribution in [-0.4, -0.2) is 51.4 Å². The highest BCUT2D eigenvalue weighted by molar-refractivity contribution is 7.99. The molecule has 0 saturated carbocycles. The van der Waals surface area contributed by atoms with E-state index in [0.717, 1.165) is 21.7 Å². The van der Waals surface area contributed by atoms with E-state index in [1.54, 1.807) is 7.05 Å². The van der Waals surface area contributed by atoms with Gasteiger partial charge in [-0.1, -0.05) is 72.4 Å². The van der Waals surface area contributed by atoms with Crippen LogP contribution in [0.5, 0.6) is 0 Å². The van der Waals surface area contributed by atoms with Gasteiger partial charge < -0.3 is 9.67 Å². The quantitative estimate of drug-likeness (QED) is 0.408. The van der Waals surface area contributed by atoms with Gasteiger partial charge >= 0.3 is 6.03 Å². The summed E-state index contributed by atoms with van der Waals surface area (Å²) < 4.78 is 2.03. The van der Waals surface area contributed by atoms with Crippen LogP contribution in [0.15, 0.2) is 65.8 Å². The van der Waals surface area contributed by atoms with Crippen molar-refractivity contribution in [1.82, 2.24) is 14.5 Å². The number of imidazole rings is 1. The molecule has 162 valence electrons. The molecule has 0 bridgehead atoms. The first-order valence-corrected chi connectivity index (χ1v) is 10.9. The van der Waals surface area contributed by atoms with Gasteiger partial charge in [0.1, 0.15) is 0 Å². The standard InChI is InChI=1S/C23H26N4O3S/c1-18-21(25(2)23(30)26(17-29)15-19-9-5-3-6-10-19)24-22(31-14-13-28)27(18)16-20-11-7-4-8-12-20/h3-12,17,28H,13-16H2,1-2H3. The normalized spacial score (nSPS) is 10.7. The van der Waals surface area contributed by atoms with Crippen LogP contribution in [0.3, 0.4) is 0 Å². The van der Waals surface area contributed by atoms with Gasteiger partial charge in [0.15, 0.2) is 11.0 Å². The maximum atomic E-state index is 13.0. The Balaban J connectivity index is 1.87. The van der Waals surface area contributed by atoms with Gasteiger partial charge in [0.2, 0.25) is 6.41 Å². The monoisotopic (exact) mass is 438 g/mol. The van der Waals surface area contributed by atoms with Crippen LogP contribution in [-0.2, 0) is 17.9 Å². The molecule has 3 amide bonds. The smallest absolute Gasteiger partial charge is 0.332 e. The molecule has 0 atom stereocenters. The molecule has 3 aromatic rings. The number of imide groups is 1. The van der Waals surface area contributed by atoms with Gasteiger partial charge in [0, 0.05) is 19.3 Å². The Bertz CT molecular complexity index is 1010. The van der Waals surface area contributed by atoms with Crippen molar-refractivity contribution in [3.8, 4) is 0 Å². The number of hydrogen-bond donors (Lipinski definition) is 1. The third kappa shape index (κ3) is 5.53. The van der Waals surface area contributed by atoms with Crippen LogP contribution in [0.4, 0.5) is 10.6 Å². The van der Waals surface area contributed by atoms with E-state index in [2.05, 4.69) is 4.98 Å². The molecule has 7 nitrogen and oxygen atoms in total. The number of carbonyl (C=O) groups is 2. The van der Waals surface area contributed by atoms with Crippen molar-refractivity contribution in [2.45, 2.75) is 25.2 Å². The first-order valence-electron chi connectivity index (χ1n) is 9.93. The number of amides is 3. The van der Waals surface area contributed by atoms with Crippen LogP contribution in [0.2, 0.25) is 0 Å². The number of hydrogen-bond acceptors (Lipinski definition) is 5. The summed E-state index contributed by atoms with van der Waals surface area (Å²) in [5.41, 5.74) is 2.78. The number of thioether (sulfide) groups is 1. The molecular formula is C23H26N4O3S. The summed E-state index contributed by atoms with van der Waals surface area (Å²) in [6.07, 6.45) is 0.545. The summed E-state index contributed by atoms with van der Waals surface area (Å²) in [7, 11) is 1.62. The molecule has 1 aromatic heterocycles. The van der Waals surface area contributed by atoms with Crippen LogP contribution in [0.1, 0.15) is 16.8 Å². The lowest BCUT2D eigenvalue weighted by atomic mass is 10.2. The first kappa shape index (κ1) is 22.6. The number of aromatic nitrogens is 2. The average Bonchev–Trinajstić information content (AvgIpc) is 3.11. The number of aliphatic hydroxyl groups excluding tert-OH is 1. The predicted octanol–water partition coefficient (Wildman–Crippen LogP) is 3.54. The molecule has 1 N–H and O–H groups in total. The second kappa shape index (κ2) is 10.8. The van der Waals surface area contributed by atoms with E-state index in [0.29, 0.717) is 29.7 Å². The van der Waals surface area contributed by atoms with Crippen molar-refractivity contribution < 1.29 is 14.7 Å². The Kier molecular flexibility index (Phi) is 7.86.